The normalized spacial score (nSPS) is 11.3. The number of phenols is 1. The fourth-order valence-electron chi connectivity index (χ4n) is 3.42. The van der Waals surface area contributed by atoms with Crippen LogP contribution in [0.3, 0.4) is 0 Å². The van der Waals surface area contributed by atoms with Gasteiger partial charge in [0, 0.05) is 27.3 Å². The van der Waals surface area contributed by atoms with Crippen molar-refractivity contribution in [2.45, 2.75) is 6.92 Å². The largest absolute Gasteiger partial charge is 0.508 e. The molecule has 4 aromatic rings. The van der Waals surface area contributed by atoms with Crippen LogP contribution in [0.25, 0.3) is 27.3 Å². The molecule has 0 spiro atoms. The Morgan fingerprint density at radius 1 is 1.00 bits per heavy atom. The minimum absolute atomic E-state index is 0.0930. The average Bonchev–Trinajstić information content (AvgIpc) is 3.12. The summed E-state index contributed by atoms with van der Waals surface area (Å²) < 4.78 is 14.6. The molecule has 2 N–H and O–H groups in total. The molecule has 6 heteroatoms. The maximum absolute atomic E-state index is 13.8. The number of hydrogen-bond donors (Lipinski definition) is 2. The fourth-order valence-corrected chi connectivity index (χ4v) is 4.63. The Kier molecular flexibility index (Phi) is 5.40. The maximum atomic E-state index is 13.8. The van der Waals surface area contributed by atoms with Crippen molar-refractivity contribution in [2.24, 2.45) is 0 Å². The molecule has 0 bridgehead atoms. The van der Waals surface area contributed by atoms with Gasteiger partial charge in [-0.15, -0.1) is 11.3 Å². The van der Waals surface area contributed by atoms with Crippen molar-refractivity contribution in [3.05, 3.63) is 94.1 Å². The number of ketones is 1. The molecule has 0 aliphatic rings. The van der Waals surface area contributed by atoms with Gasteiger partial charge in [0.15, 0.2) is 0 Å². The van der Waals surface area contributed by atoms with E-state index in [-0.39, 0.29) is 17.1 Å². The zero-order valence-electron chi connectivity index (χ0n) is 16.4. The predicted octanol–water partition coefficient (Wildman–Crippen LogP) is 6.05. The van der Waals surface area contributed by atoms with Crippen LogP contribution >= 0.6 is 11.3 Å². The fraction of sp³-hybridized carbons (Fsp3) is 0.0400. The van der Waals surface area contributed by atoms with Crippen LogP contribution in [-0.4, -0.2) is 22.0 Å². The highest BCUT2D eigenvalue weighted by molar-refractivity contribution is 7.21. The number of carboxylic acids is 1. The van der Waals surface area contributed by atoms with Crippen LogP contribution in [-0.2, 0) is 4.79 Å². The summed E-state index contributed by atoms with van der Waals surface area (Å²) in [5.41, 5.74) is 3.13. The zero-order valence-corrected chi connectivity index (χ0v) is 17.2. The first-order chi connectivity index (χ1) is 14.8. The van der Waals surface area contributed by atoms with Crippen molar-refractivity contribution >= 4 is 39.3 Å². The molecule has 31 heavy (non-hydrogen) atoms. The summed E-state index contributed by atoms with van der Waals surface area (Å²) in [5, 5.41) is 19.5. The summed E-state index contributed by atoms with van der Waals surface area (Å²) in [7, 11) is 0. The lowest BCUT2D eigenvalue weighted by molar-refractivity contribution is -0.131. The van der Waals surface area contributed by atoms with Gasteiger partial charge in [0.2, 0.25) is 5.78 Å². The minimum Gasteiger partial charge on any atom is -0.508 e. The Bertz CT molecular complexity index is 1350. The predicted molar refractivity (Wildman–Crippen MR) is 120 cm³/mol. The number of rotatable bonds is 5. The lowest BCUT2D eigenvalue weighted by atomic mass is 9.96. The van der Waals surface area contributed by atoms with Gasteiger partial charge in [0.1, 0.15) is 11.6 Å². The van der Waals surface area contributed by atoms with Crippen LogP contribution < -0.4 is 0 Å². The van der Waals surface area contributed by atoms with Crippen molar-refractivity contribution < 1.29 is 24.2 Å². The van der Waals surface area contributed by atoms with Crippen molar-refractivity contribution in [3.63, 3.8) is 0 Å². The van der Waals surface area contributed by atoms with Crippen molar-refractivity contribution in [1.29, 1.82) is 0 Å². The molecule has 3 aromatic carbocycles. The second kappa shape index (κ2) is 8.16. The molecule has 0 saturated carbocycles. The SMILES string of the molecule is Cc1ccc(F)cc1C(=O)c1sc2cc(O)ccc2c1-c1ccc(/C=C/C(=O)O)cc1. The average molecular weight is 432 g/mol. The summed E-state index contributed by atoms with van der Waals surface area (Å²) in [5.74, 6) is -1.71. The van der Waals surface area contributed by atoms with Crippen molar-refractivity contribution in [3.8, 4) is 16.9 Å². The van der Waals surface area contributed by atoms with Gasteiger partial charge >= 0.3 is 5.97 Å². The van der Waals surface area contributed by atoms with Gasteiger partial charge in [-0.05, 0) is 60.0 Å². The topological polar surface area (TPSA) is 74.6 Å². The quantitative estimate of drug-likeness (QED) is 0.297. The van der Waals surface area contributed by atoms with E-state index in [2.05, 4.69) is 0 Å². The van der Waals surface area contributed by atoms with E-state index in [9.17, 15) is 19.1 Å². The molecule has 0 fully saturated rings. The smallest absolute Gasteiger partial charge is 0.328 e. The zero-order chi connectivity index (χ0) is 22.1. The minimum atomic E-state index is -1.04. The van der Waals surface area contributed by atoms with E-state index < -0.39 is 11.8 Å². The van der Waals surface area contributed by atoms with Crippen LogP contribution in [0.1, 0.15) is 26.4 Å². The van der Waals surface area contributed by atoms with Gasteiger partial charge in [-0.25, -0.2) is 9.18 Å². The lowest BCUT2D eigenvalue weighted by Crippen LogP contribution is -2.04. The number of fused-ring (bicyclic) bond motifs is 1. The van der Waals surface area contributed by atoms with Gasteiger partial charge in [-0.2, -0.15) is 0 Å². The lowest BCUT2D eigenvalue weighted by Gasteiger charge is -2.08. The van der Waals surface area contributed by atoms with E-state index in [1.54, 1.807) is 43.3 Å². The Balaban J connectivity index is 1.89. The number of halogens is 1. The van der Waals surface area contributed by atoms with Gasteiger partial charge in [0.05, 0.1) is 4.88 Å². The molecule has 0 radical (unpaired) electrons. The van der Waals surface area contributed by atoms with E-state index in [1.165, 1.54) is 29.5 Å². The molecule has 0 aliphatic carbocycles. The number of carbonyl (C=O) groups is 2. The Hall–Kier alpha value is -3.77. The van der Waals surface area contributed by atoms with Crippen LogP contribution in [0.2, 0.25) is 0 Å². The summed E-state index contributed by atoms with van der Waals surface area (Å²) >= 11 is 1.25. The second-order valence-electron chi connectivity index (χ2n) is 7.07. The maximum Gasteiger partial charge on any atom is 0.328 e. The van der Waals surface area contributed by atoms with Crippen LogP contribution in [0.5, 0.6) is 5.75 Å². The van der Waals surface area contributed by atoms with Crippen LogP contribution in [0, 0.1) is 12.7 Å². The summed E-state index contributed by atoms with van der Waals surface area (Å²) in [4.78, 5) is 24.6. The summed E-state index contributed by atoms with van der Waals surface area (Å²) in [6.07, 6.45) is 2.54. The molecule has 4 rings (SSSR count). The Morgan fingerprint density at radius 2 is 1.74 bits per heavy atom. The monoisotopic (exact) mass is 432 g/mol. The molecule has 0 atom stereocenters. The highest BCUT2D eigenvalue weighted by atomic mass is 32.1. The number of hydrogen-bond acceptors (Lipinski definition) is 4. The molecule has 0 unspecified atom stereocenters. The van der Waals surface area contributed by atoms with E-state index in [0.29, 0.717) is 21.6 Å². The van der Waals surface area contributed by atoms with Gasteiger partial charge < -0.3 is 10.2 Å². The molecule has 0 aliphatic heterocycles. The first-order valence-corrected chi connectivity index (χ1v) is 10.2. The van der Waals surface area contributed by atoms with Gasteiger partial charge in [-0.1, -0.05) is 30.3 Å². The van der Waals surface area contributed by atoms with Gasteiger partial charge in [0.25, 0.3) is 0 Å². The molecule has 1 aromatic heterocycles. The number of phenolic OH excluding ortho intramolecular Hbond substituents is 1. The van der Waals surface area contributed by atoms with Crippen LogP contribution in [0.15, 0.2) is 66.7 Å². The van der Waals surface area contributed by atoms with E-state index in [0.717, 1.165) is 21.7 Å². The highest BCUT2D eigenvalue weighted by Crippen LogP contribution is 2.41. The standard InChI is InChI=1S/C25H17FO4S/c1-14-2-8-17(26)12-20(14)24(30)25-23(19-10-9-18(27)13-21(19)31-25)16-6-3-15(4-7-16)5-11-22(28)29/h2-13,27H,1H3,(H,28,29)/b11-5+. The van der Waals surface area contributed by atoms with Crippen molar-refractivity contribution in [1.82, 2.24) is 0 Å². The number of thiophene rings is 1. The van der Waals surface area contributed by atoms with E-state index >= 15 is 0 Å². The first-order valence-electron chi connectivity index (χ1n) is 9.41. The van der Waals surface area contributed by atoms with E-state index in [4.69, 9.17) is 5.11 Å². The Morgan fingerprint density at radius 3 is 2.45 bits per heavy atom. The van der Waals surface area contributed by atoms with E-state index in [1.807, 2.05) is 12.1 Å². The summed E-state index contributed by atoms with van der Waals surface area (Å²) in [6, 6.07) is 16.2. The third-order valence-electron chi connectivity index (χ3n) is 4.94. The molecule has 4 nitrogen and oxygen atoms in total. The number of aryl methyl sites for hydroxylation is 1. The second-order valence-corrected chi connectivity index (χ2v) is 8.12. The Labute approximate surface area is 181 Å². The van der Waals surface area contributed by atoms with Crippen LogP contribution in [0.4, 0.5) is 4.39 Å². The molecular formula is C25H17FO4S. The number of benzene rings is 3. The highest BCUT2D eigenvalue weighted by Gasteiger charge is 2.23. The first kappa shape index (κ1) is 20.5. The number of aromatic hydroxyl groups is 1. The molecule has 154 valence electrons. The number of aliphatic carboxylic acids is 1. The molecule has 0 saturated heterocycles. The molecular weight excluding hydrogens is 415 g/mol. The summed E-state index contributed by atoms with van der Waals surface area (Å²) in [6.45, 7) is 1.76. The third kappa shape index (κ3) is 4.11. The molecule has 1 heterocycles. The third-order valence-corrected chi connectivity index (χ3v) is 6.09. The van der Waals surface area contributed by atoms with Crippen molar-refractivity contribution in [2.75, 3.05) is 0 Å². The van der Waals surface area contributed by atoms with Gasteiger partial charge in [-0.3, -0.25) is 4.79 Å². The number of carbonyl (C=O) groups excluding carboxylic acids is 1. The number of carboxylic acid groups (broad SMARTS) is 1. The molecule has 0 amide bonds.